The lowest BCUT2D eigenvalue weighted by Gasteiger charge is -2.16. The normalized spacial score (nSPS) is 12.0. The van der Waals surface area contributed by atoms with Crippen LogP contribution in [-0.4, -0.2) is 56.1 Å². The van der Waals surface area contributed by atoms with E-state index in [1.165, 1.54) is 40.1 Å². The largest absolute Gasteiger partial charge is 0.618 e. The molecule has 41 heavy (non-hydrogen) atoms. The molecule has 6 aromatic rings. The first-order chi connectivity index (χ1) is 19.8. The van der Waals surface area contributed by atoms with Crippen LogP contribution in [0.3, 0.4) is 0 Å². The Balaban J connectivity index is 1.43. The molecule has 0 aliphatic rings. The lowest BCUT2D eigenvalue weighted by Crippen LogP contribution is -2.36. The van der Waals surface area contributed by atoms with Gasteiger partial charge in [-0.1, -0.05) is 28.9 Å². The van der Waals surface area contributed by atoms with Gasteiger partial charge < -0.3 is 10.3 Å². The highest BCUT2D eigenvalue weighted by Gasteiger charge is 2.29. The van der Waals surface area contributed by atoms with Crippen molar-refractivity contribution < 1.29 is 19.0 Å². The second-order valence-electron chi connectivity index (χ2n) is 8.99. The summed E-state index contributed by atoms with van der Waals surface area (Å²) in [5.41, 5.74) is 2.83. The van der Waals surface area contributed by atoms with Gasteiger partial charge in [0.15, 0.2) is 18.1 Å². The fourth-order valence-electron chi connectivity index (χ4n) is 4.48. The SMILES string of the molecule is Cn1cc(C(c2ccc(-c3c(-n4cnnn4)ccc(Cl)c3F)c[n+]2[O-])n2cc(-c3ccc(C(=O)O)cc3)cn2)nn1. The lowest BCUT2D eigenvalue weighted by atomic mass is 10.0. The first-order valence-corrected chi connectivity index (χ1v) is 12.4. The molecule has 0 amide bonds. The van der Waals surface area contributed by atoms with Gasteiger partial charge in [-0.2, -0.15) is 14.5 Å². The molecular formula is C26H18ClFN10O3. The fourth-order valence-corrected chi connectivity index (χ4v) is 4.63. The number of aromatic nitrogens is 10. The molecule has 0 aliphatic heterocycles. The molecule has 0 spiro atoms. The van der Waals surface area contributed by atoms with Gasteiger partial charge in [-0.15, -0.1) is 10.2 Å². The molecule has 13 nitrogen and oxygen atoms in total. The number of hydrogen-bond donors (Lipinski definition) is 1. The predicted octanol–water partition coefficient (Wildman–Crippen LogP) is 3.08. The Labute approximate surface area is 235 Å². The minimum absolute atomic E-state index is 0.0446. The third-order valence-electron chi connectivity index (χ3n) is 6.41. The number of aryl methyl sites for hydroxylation is 1. The van der Waals surface area contributed by atoms with Gasteiger partial charge in [0.1, 0.15) is 12.0 Å². The molecule has 1 atom stereocenters. The molecule has 4 heterocycles. The number of tetrazole rings is 1. The molecular weight excluding hydrogens is 555 g/mol. The monoisotopic (exact) mass is 572 g/mol. The van der Waals surface area contributed by atoms with E-state index in [-0.39, 0.29) is 27.4 Å². The summed E-state index contributed by atoms with van der Waals surface area (Å²) in [5.74, 6) is -1.76. The number of carbonyl (C=O) groups is 1. The maximum Gasteiger partial charge on any atom is 0.335 e. The van der Waals surface area contributed by atoms with Gasteiger partial charge in [0, 0.05) is 24.9 Å². The molecule has 4 aromatic heterocycles. The number of halogens is 2. The number of benzene rings is 2. The van der Waals surface area contributed by atoms with Crippen LogP contribution >= 0.6 is 11.6 Å². The van der Waals surface area contributed by atoms with Crippen molar-refractivity contribution in [2.24, 2.45) is 7.05 Å². The van der Waals surface area contributed by atoms with E-state index < -0.39 is 17.8 Å². The molecule has 2 aromatic carbocycles. The summed E-state index contributed by atoms with van der Waals surface area (Å²) in [6, 6.07) is 11.6. The Morgan fingerprint density at radius 2 is 1.83 bits per heavy atom. The smallest absolute Gasteiger partial charge is 0.335 e. The summed E-state index contributed by atoms with van der Waals surface area (Å²) >= 11 is 6.08. The van der Waals surface area contributed by atoms with E-state index in [1.807, 2.05) is 0 Å². The fraction of sp³-hybridized carbons (Fsp3) is 0.0769. The quantitative estimate of drug-likeness (QED) is 0.224. The molecule has 0 fully saturated rings. The molecule has 1 N–H and O–H groups in total. The zero-order valence-corrected chi connectivity index (χ0v) is 21.8. The van der Waals surface area contributed by atoms with E-state index >= 15 is 4.39 Å². The Hall–Kier alpha value is -5.50. The lowest BCUT2D eigenvalue weighted by molar-refractivity contribution is -0.615. The standard InChI is InChI=1S/C26H18ClFN10O3/c1-35-13-20(31-33-35)25(36-11-18(10-30-36)15-2-4-16(5-3-15)26(39)40)22-8-6-17(12-38(22)41)23-21(37-14-29-32-34-37)9-7-19(27)24(23)28/h2-14,25H,1H3,(H,39,40). The van der Waals surface area contributed by atoms with E-state index in [9.17, 15) is 15.1 Å². The van der Waals surface area contributed by atoms with Gasteiger partial charge in [-0.05, 0) is 46.3 Å². The van der Waals surface area contributed by atoms with Gasteiger partial charge in [0.05, 0.1) is 39.8 Å². The van der Waals surface area contributed by atoms with Crippen LogP contribution < -0.4 is 4.73 Å². The third kappa shape index (κ3) is 4.76. The van der Waals surface area contributed by atoms with Crippen molar-refractivity contribution in [3.8, 4) is 27.9 Å². The Morgan fingerprint density at radius 1 is 1.05 bits per heavy atom. The number of hydrogen-bond acceptors (Lipinski definition) is 8. The van der Waals surface area contributed by atoms with E-state index in [0.29, 0.717) is 21.7 Å². The predicted molar refractivity (Wildman–Crippen MR) is 141 cm³/mol. The first-order valence-electron chi connectivity index (χ1n) is 12.0. The third-order valence-corrected chi connectivity index (χ3v) is 6.71. The van der Waals surface area contributed by atoms with Gasteiger partial charge in [0.25, 0.3) is 0 Å². The average Bonchev–Trinajstić information content (AvgIpc) is 3.75. The zero-order valence-electron chi connectivity index (χ0n) is 21.1. The molecule has 204 valence electrons. The van der Waals surface area contributed by atoms with E-state index in [0.717, 1.165) is 5.56 Å². The Kier molecular flexibility index (Phi) is 6.43. The maximum absolute atomic E-state index is 15.3. The van der Waals surface area contributed by atoms with Crippen LogP contribution in [0.2, 0.25) is 5.02 Å². The van der Waals surface area contributed by atoms with Crippen LogP contribution in [0.1, 0.15) is 27.8 Å². The highest BCUT2D eigenvalue weighted by Crippen LogP contribution is 2.34. The number of nitrogens with zero attached hydrogens (tertiary/aromatic N) is 10. The molecule has 15 heteroatoms. The zero-order chi connectivity index (χ0) is 28.7. The van der Waals surface area contributed by atoms with Gasteiger partial charge >= 0.3 is 5.97 Å². The first kappa shape index (κ1) is 25.8. The second kappa shape index (κ2) is 10.2. The summed E-state index contributed by atoms with van der Waals surface area (Å²) in [4.78, 5) is 11.2. The molecule has 0 aliphatic carbocycles. The highest BCUT2D eigenvalue weighted by molar-refractivity contribution is 6.31. The Bertz CT molecular complexity index is 1890. The van der Waals surface area contributed by atoms with Crippen molar-refractivity contribution in [1.29, 1.82) is 0 Å². The van der Waals surface area contributed by atoms with Crippen LogP contribution in [0.4, 0.5) is 4.39 Å². The van der Waals surface area contributed by atoms with E-state index in [1.54, 1.807) is 60.7 Å². The topological polar surface area (TPSA) is 156 Å². The van der Waals surface area contributed by atoms with Crippen molar-refractivity contribution in [3.63, 3.8) is 0 Å². The van der Waals surface area contributed by atoms with Gasteiger partial charge in [0.2, 0.25) is 5.69 Å². The van der Waals surface area contributed by atoms with Crippen molar-refractivity contribution in [3.05, 3.63) is 113 Å². The van der Waals surface area contributed by atoms with Gasteiger partial charge in [-0.3, -0.25) is 9.36 Å². The van der Waals surface area contributed by atoms with E-state index in [4.69, 9.17) is 11.6 Å². The minimum atomic E-state index is -1.03. The number of carboxylic acid groups (broad SMARTS) is 1. The number of aromatic carboxylic acids is 1. The van der Waals surface area contributed by atoms with Crippen LogP contribution in [0.5, 0.6) is 0 Å². The number of rotatable bonds is 7. The molecule has 1 unspecified atom stereocenters. The minimum Gasteiger partial charge on any atom is -0.618 e. The van der Waals surface area contributed by atoms with Crippen LogP contribution in [0.25, 0.3) is 27.9 Å². The Morgan fingerprint density at radius 3 is 2.49 bits per heavy atom. The molecule has 0 saturated heterocycles. The number of carboxylic acids is 1. The molecule has 6 rings (SSSR count). The second-order valence-corrected chi connectivity index (χ2v) is 9.40. The summed E-state index contributed by atoms with van der Waals surface area (Å²) in [6.07, 6.45) is 7.52. The number of pyridine rings is 1. The van der Waals surface area contributed by atoms with Crippen molar-refractivity contribution in [1.82, 2.24) is 45.0 Å². The van der Waals surface area contributed by atoms with E-state index in [2.05, 4.69) is 30.9 Å². The van der Waals surface area contributed by atoms with Crippen LogP contribution in [-0.2, 0) is 7.05 Å². The van der Waals surface area contributed by atoms with Crippen molar-refractivity contribution >= 4 is 17.6 Å². The summed E-state index contributed by atoms with van der Waals surface area (Å²) in [7, 11) is 1.70. The van der Waals surface area contributed by atoms with Crippen LogP contribution in [0, 0.1) is 11.0 Å². The molecule has 0 radical (unpaired) electrons. The molecule has 0 saturated carbocycles. The molecule has 0 bridgehead atoms. The highest BCUT2D eigenvalue weighted by atomic mass is 35.5. The summed E-state index contributed by atoms with van der Waals surface area (Å²) < 4.78 is 20.2. The van der Waals surface area contributed by atoms with Crippen LogP contribution in [0.15, 0.2) is 79.6 Å². The van der Waals surface area contributed by atoms with Crippen molar-refractivity contribution in [2.75, 3.05) is 0 Å². The average molecular weight is 573 g/mol. The van der Waals surface area contributed by atoms with Crippen molar-refractivity contribution in [2.45, 2.75) is 6.04 Å². The summed E-state index contributed by atoms with van der Waals surface area (Å²) in [5, 5.41) is 46.3. The summed E-state index contributed by atoms with van der Waals surface area (Å²) in [6.45, 7) is 0. The maximum atomic E-state index is 15.3. The van der Waals surface area contributed by atoms with Gasteiger partial charge in [-0.25, -0.2) is 9.18 Å².